The fourth-order valence-corrected chi connectivity index (χ4v) is 1.99. The molecule has 0 radical (unpaired) electrons. The first-order valence-corrected chi connectivity index (χ1v) is 5.66. The fourth-order valence-electron chi connectivity index (χ4n) is 1.99. The van der Waals surface area contributed by atoms with E-state index in [1.165, 1.54) is 0 Å². The van der Waals surface area contributed by atoms with Crippen molar-refractivity contribution >= 4 is 5.97 Å². The van der Waals surface area contributed by atoms with E-state index in [0.717, 1.165) is 16.7 Å². The standard InChI is InChI=1S/C15H14O3/c1-10-6-7-13(14(8-10)15(17)18)12-5-3-2-4-11(12)9-16/h2-8,16H,9H2,1H3,(H,17,18). The number of hydrogen-bond donors (Lipinski definition) is 2. The Balaban J connectivity index is 2.67. The van der Waals surface area contributed by atoms with Crippen molar-refractivity contribution in [3.63, 3.8) is 0 Å². The molecule has 0 fully saturated rings. The molecule has 0 unspecified atom stereocenters. The van der Waals surface area contributed by atoms with Gasteiger partial charge in [0.25, 0.3) is 0 Å². The molecule has 2 aromatic rings. The van der Waals surface area contributed by atoms with Gasteiger partial charge in [0.05, 0.1) is 12.2 Å². The molecule has 2 rings (SSSR count). The van der Waals surface area contributed by atoms with Crippen molar-refractivity contribution in [2.75, 3.05) is 0 Å². The minimum atomic E-state index is -0.957. The van der Waals surface area contributed by atoms with E-state index in [9.17, 15) is 15.0 Å². The molecular formula is C15H14O3. The van der Waals surface area contributed by atoms with Gasteiger partial charge in [-0.05, 0) is 29.7 Å². The van der Waals surface area contributed by atoms with Crippen LogP contribution in [0.5, 0.6) is 0 Å². The minimum absolute atomic E-state index is 0.108. The molecule has 3 nitrogen and oxygen atoms in total. The number of rotatable bonds is 3. The monoisotopic (exact) mass is 242 g/mol. The summed E-state index contributed by atoms with van der Waals surface area (Å²) in [4.78, 5) is 11.3. The van der Waals surface area contributed by atoms with Crippen molar-refractivity contribution in [3.05, 3.63) is 59.2 Å². The normalized spacial score (nSPS) is 10.3. The quantitative estimate of drug-likeness (QED) is 0.870. The minimum Gasteiger partial charge on any atom is -0.478 e. The van der Waals surface area contributed by atoms with E-state index in [1.54, 1.807) is 18.2 Å². The maximum atomic E-state index is 11.3. The summed E-state index contributed by atoms with van der Waals surface area (Å²) in [5.74, 6) is -0.957. The number of aromatic carboxylic acids is 1. The van der Waals surface area contributed by atoms with Crippen molar-refractivity contribution < 1.29 is 15.0 Å². The Morgan fingerprint density at radius 1 is 1.11 bits per heavy atom. The Kier molecular flexibility index (Phi) is 3.44. The van der Waals surface area contributed by atoms with Crippen LogP contribution in [0.2, 0.25) is 0 Å². The molecule has 2 N–H and O–H groups in total. The summed E-state index contributed by atoms with van der Waals surface area (Å²) in [7, 11) is 0. The summed E-state index contributed by atoms with van der Waals surface area (Å²) in [5.41, 5.74) is 3.28. The highest BCUT2D eigenvalue weighted by atomic mass is 16.4. The van der Waals surface area contributed by atoms with E-state index in [4.69, 9.17) is 0 Å². The van der Waals surface area contributed by atoms with Crippen LogP contribution in [0.25, 0.3) is 11.1 Å². The van der Waals surface area contributed by atoms with Crippen LogP contribution in [0.3, 0.4) is 0 Å². The third-order valence-corrected chi connectivity index (χ3v) is 2.88. The third kappa shape index (κ3) is 2.26. The van der Waals surface area contributed by atoms with Crippen LogP contribution in [0.4, 0.5) is 0 Å². The summed E-state index contributed by atoms with van der Waals surface area (Å²) in [6, 6.07) is 12.6. The van der Waals surface area contributed by atoms with Crippen molar-refractivity contribution in [2.45, 2.75) is 13.5 Å². The summed E-state index contributed by atoms with van der Waals surface area (Å²) in [6.07, 6.45) is 0. The van der Waals surface area contributed by atoms with E-state index in [-0.39, 0.29) is 12.2 Å². The molecule has 0 aliphatic heterocycles. The van der Waals surface area contributed by atoms with Crippen LogP contribution >= 0.6 is 0 Å². The zero-order chi connectivity index (χ0) is 13.1. The Labute approximate surface area is 105 Å². The maximum absolute atomic E-state index is 11.3. The maximum Gasteiger partial charge on any atom is 0.336 e. The number of aliphatic hydroxyl groups is 1. The summed E-state index contributed by atoms with van der Waals surface area (Å²) < 4.78 is 0. The van der Waals surface area contributed by atoms with Gasteiger partial charge in [-0.2, -0.15) is 0 Å². The molecule has 2 aromatic carbocycles. The molecule has 0 saturated heterocycles. The van der Waals surface area contributed by atoms with Crippen molar-refractivity contribution in [2.24, 2.45) is 0 Å². The molecule has 92 valence electrons. The molecule has 0 heterocycles. The number of carboxylic acid groups (broad SMARTS) is 1. The second-order valence-corrected chi connectivity index (χ2v) is 4.17. The summed E-state index contributed by atoms with van der Waals surface area (Å²) >= 11 is 0. The highest BCUT2D eigenvalue weighted by Crippen LogP contribution is 2.28. The van der Waals surface area contributed by atoms with Crippen LogP contribution in [0, 0.1) is 6.92 Å². The summed E-state index contributed by atoms with van der Waals surface area (Å²) in [5, 5.41) is 18.6. The molecule has 0 saturated carbocycles. The lowest BCUT2D eigenvalue weighted by molar-refractivity contribution is 0.0697. The number of carboxylic acids is 1. The lowest BCUT2D eigenvalue weighted by atomic mass is 9.94. The van der Waals surface area contributed by atoms with Gasteiger partial charge in [-0.3, -0.25) is 0 Å². The van der Waals surface area contributed by atoms with Crippen molar-refractivity contribution in [1.29, 1.82) is 0 Å². The number of carbonyl (C=O) groups is 1. The van der Waals surface area contributed by atoms with Crippen LogP contribution in [-0.2, 0) is 6.61 Å². The Bertz CT molecular complexity index is 588. The Morgan fingerprint density at radius 3 is 2.50 bits per heavy atom. The van der Waals surface area contributed by atoms with Crippen LogP contribution in [0.15, 0.2) is 42.5 Å². The molecule has 18 heavy (non-hydrogen) atoms. The number of aryl methyl sites for hydroxylation is 1. The molecule has 0 bridgehead atoms. The van der Waals surface area contributed by atoms with Gasteiger partial charge in [0, 0.05) is 0 Å². The van der Waals surface area contributed by atoms with Crippen LogP contribution in [-0.4, -0.2) is 16.2 Å². The number of hydrogen-bond acceptors (Lipinski definition) is 2. The molecule has 3 heteroatoms. The van der Waals surface area contributed by atoms with Gasteiger partial charge in [0.1, 0.15) is 0 Å². The molecule has 0 amide bonds. The van der Waals surface area contributed by atoms with Crippen LogP contribution < -0.4 is 0 Å². The van der Waals surface area contributed by atoms with Gasteiger partial charge in [-0.1, -0.05) is 42.0 Å². The van der Waals surface area contributed by atoms with Gasteiger partial charge in [0.2, 0.25) is 0 Å². The zero-order valence-corrected chi connectivity index (χ0v) is 10.1. The molecule has 0 aliphatic carbocycles. The first-order valence-electron chi connectivity index (χ1n) is 5.66. The molecule has 0 spiro atoms. The van der Waals surface area contributed by atoms with Crippen LogP contribution in [0.1, 0.15) is 21.5 Å². The summed E-state index contributed by atoms with van der Waals surface area (Å²) in [6.45, 7) is 1.75. The topological polar surface area (TPSA) is 57.5 Å². The SMILES string of the molecule is Cc1ccc(-c2ccccc2CO)c(C(=O)O)c1. The fraction of sp³-hybridized carbons (Fsp3) is 0.133. The second kappa shape index (κ2) is 5.02. The van der Waals surface area contributed by atoms with Gasteiger partial charge >= 0.3 is 5.97 Å². The average Bonchev–Trinajstić information content (AvgIpc) is 2.38. The van der Waals surface area contributed by atoms with E-state index < -0.39 is 5.97 Å². The highest BCUT2D eigenvalue weighted by molar-refractivity contribution is 5.96. The zero-order valence-electron chi connectivity index (χ0n) is 10.1. The Morgan fingerprint density at radius 2 is 1.83 bits per heavy atom. The second-order valence-electron chi connectivity index (χ2n) is 4.17. The largest absolute Gasteiger partial charge is 0.478 e. The predicted octanol–water partition coefficient (Wildman–Crippen LogP) is 2.85. The lowest BCUT2D eigenvalue weighted by Gasteiger charge is -2.11. The number of aliphatic hydroxyl groups excluding tert-OH is 1. The smallest absolute Gasteiger partial charge is 0.336 e. The Hall–Kier alpha value is -2.13. The molecular weight excluding hydrogens is 228 g/mol. The van der Waals surface area contributed by atoms with Crippen molar-refractivity contribution in [3.8, 4) is 11.1 Å². The van der Waals surface area contributed by atoms with Gasteiger partial charge in [-0.15, -0.1) is 0 Å². The lowest BCUT2D eigenvalue weighted by Crippen LogP contribution is -2.01. The highest BCUT2D eigenvalue weighted by Gasteiger charge is 2.13. The molecule has 0 atom stereocenters. The van der Waals surface area contributed by atoms with Gasteiger partial charge in [0.15, 0.2) is 0 Å². The van der Waals surface area contributed by atoms with Crippen molar-refractivity contribution in [1.82, 2.24) is 0 Å². The van der Waals surface area contributed by atoms with Gasteiger partial charge < -0.3 is 10.2 Å². The van der Waals surface area contributed by atoms with E-state index in [1.807, 2.05) is 31.2 Å². The van der Waals surface area contributed by atoms with Gasteiger partial charge in [-0.25, -0.2) is 4.79 Å². The van der Waals surface area contributed by atoms with E-state index >= 15 is 0 Å². The van der Waals surface area contributed by atoms with E-state index in [2.05, 4.69) is 0 Å². The predicted molar refractivity (Wildman–Crippen MR) is 69.5 cm³/mol. The number of benzene rings is 2. The molecule has 0 aromatic heterocycles. The first kappa shape index (κ1) is 12.3. The average molecular weight is 242 g/mol. The third-order valence-electron chi connectivity index (χ3n) is 2.88. The first-order chi connectivity index (χ1) is 8.63. The van der Waals surface area contributed by atoms with E-state index in [0.29, 0.717) is 5.56 Å². The molecule has 0 aliphatic rings.